The van der Waals surface area contributed by atoms with Crippen LogP contribution in [0.3, 0.4) is 0 Å². The van der Waals surface area contributed by atoms with Crippen LogP contribution in [0.25, 0.3) is 0 Å². The molecular weight excluding hydrogens is 350 g/mol. The van der Waals surface area contributed by atoms with Crippen molar-refractivity contribution < 1.29 is 9.52 Å². The van der Waals surface area contributed by atoms with E-state index in [0.29, 0.717) is 6.54 Å². The van der Waals surface area contributed by atoms with E-state index in [2.05, 4.69) is 22.8 Å². The third-order valence-electron chi connectivity index (χ3n) is 5.69. The monoisotopic (exact) mass is 383 g/mol. The van der Waals surface area contributed by atoms with Crippen LogP contribution >= 0.6 is 0 Å². The number of hydrogen-bond donors (Lipinski definition) is 3. The Labute approximate surface area is 168 Å². The minimum Gasteiger partial charge on any atom is -0.469 e. The molecule has 1 aromatic heterocycles. The number of nitrogens with zero attached hydrogens (tertiary/aromatic N) is 1. The van der Waals surface area contributed by atoms with E-state index in [-0.39, 0.29) is 12.0 Å². The van der Waals surface area contributed by atoms with Crippen LogP contribution < -0.4 is 10.6 Å². The predicted octanol–water partition coefficient (Wildman–Crippen LogP) is 3.89. The Bertz CT molecular complexity index is 686. The number of benzene rings is 1. The van der Waals surface area contributed by atoms with E-state index in [1.165, 1.54) is 37.7 Å². The smallest absolute Gasteiger partial charge is 0.191 e. The van der Waals surface area contributed by atoms with Crippen LogP contribution in [0.15, 0.2) is 58.1 Å². The molecule has 0 radical (unpaired) electrons. The summed E-state index contributed by atoms with van der Waals surface area (Å²) in [7, 11) is 0. The number of nitrogens with one attached hydrogen (secondary N) is 2. The Morgan fingerprint density at radius 2 is 1.86 bits per heavy atom. The standard InChI is InChI=1S/C23H33N3O2/c27-16-14-23(12-5-2-6-13-23)19-26-22(24-15-11-21-10-7-17-28-21)25-18-20-8-3-1-4-9-20/h1,3-4,7-10,17,27H,2,5-6,11-16,18-19H2,(H2,24,25,26). The van der Waals surface area contributed by atoms with Gasteiger partial charge in [0.25, 0.3) is 0 Å². The second kappa shape index (κ2) is 10.9. The van der Waals surface area contributed by atoms with Crippen molar-refractivity contribution in [1.82, 2.24) is 10.6 Å². The van der Waals surface area contributed by atoms with Crippen molar-refractivity contribution in [3.05, 3.63) is 60.1 Å². The van der Waals surface area contributed by atoms with Gasteiger partial charge in [0, 0.05) is 26.1 Å². The maximum absolute atomic E-state index is 9.56. The van der Waals surface area contributed by atoms with E-state index in [1.54, 1.807) is 6.26 Å². The maximum atomic E-state index is 9.56. The van der Waals surface area contributed by atoms with Gasteiger partial charge in [0.1, 0.15) is 5.76 Å². The van der Waals surface area contributed by atoms with Gasteiger partial charge in [0.2, 0.25) is 0 Å². The fourth-order valence-corrected chi connectivity index (χ4v) is 4.01. The second-order valence-corrected chi connectivity index (χ2v) is 7.79. The number of aliphatic hydroxyl groups excluding tert-OH is 1. The summed E-state index contributed by atoms with van der Waals surface area (Å²) in [5, 5.41) is 16.6. The lowest BCUT2D eigenvalue weighted by atomic mass is 9.72. The summed E-state index contributed by atoms with van der Waals surface area (Å²) in [6, 6.07) is 14.2. The highest BCUT2D eigenvalue weighted by molar-refractivity contribution is 5.79. The molecule has 0 spiro atoms. The van der Waals surface area contributed by atoms with Crippen LogP contribution in [-0.4, -0.2) is 30.8 Å². The number of hydrogen-bond acceptors (Lipinski definition) is 3. The van der Waals surface area contributed by atoms with Crippen LogP contribution in [0.5, 0.6) is 0 Å². The molecule has 5 nitrogen and oxygen atoms in total. The number of furan rings is 1. The first-order valence-corrected chi connectivity index (χ1v) is 10.5. The Kier molecular flexibility index (Phi) is 7.97. The molecule has 1 heterocycles. The molecule has 0 atom stereocenters. The lowest BCUT2D eigenvalue weighted by Gasteiger charge is -2.37. The first-order valence-electron chi connectivity index (χ1n) is 10.5. The van der Waals surface area contributed by atoms with Gasteiger partial charge in [0.15, 0.2) is 5.96 Å². The maximum Gasteiger partial charge on any atom is 0.191 e. The molecule has 1 aliphatic carbocycles. The Hall–Kier alpha value is -2.27. The van der Waals surface area contributed by atoms with Crippen molar-refractivity contribution in [2.24, 2.45) is 10.4 Å². The van der Waals surface area contributed by atoms with Gasteiger partial charge in [-0.1, -0.05) is 49.6 Å². The van der Waals surface area contributed by atoms with Gasteiger partial charge in [-0.25, -0.2) is 4.99 Å². The molecule has 2 aromatic rings. The minimum absolute atomic E-state index is 0.184. The first-order chi connectivity index (χ1) is 13.8. The molecule has 1 saturated carbocycles. The Balaban J connectivity index is 1.60. The van der Waals surface area contributed by atoms with Crippen molar-refractivity contribution in [2.45, 2.75) is 51.5 Å². The molecule has 0 saturated heterocycles. The van der Waals surface area contributed by atoms with Crippen molar-refractivity contribution in [3.8, 4) is 0 Å². The number of aliphatic imine (C=N–C) groups is 1. The third-order valence-corrected chi connectivity index (χ3v) is 5.69. The van der Waals surface area contributed by atoms with Gasteiger partial charge in [0.05, 0.1) is 12.8 Å². The van der Waals surface area contributed by atoms with Crippen LogP contribution in [-0.2, 0) is 13.0 Å². The molecule has 152 valence electrons. The fraction of sp³-hybridized carbons (Fsp3) is 0.522. The number of aliphatic hydroxyl groups is 1. The van der Waals surface area contributed by atoms with Crippen molar-refractivity contribution in [1.29, 1.82) is 0 Å². The van der Waals surface area contributed by atoms with E-state index in [0.717, 1.165) is 37.7 Å². The largest absolute Gasteiger partial charge is 0.469 e. The summed E-state index contributed by atoms with van der Waals surface area (Å²) in [4.78, 5) is 4.79. The average Bonchev–Trinajstić information content (AvgIpc) is 3.25. The van der Waals surface area contributed by atoms with E-state index < -0.39 is 0 Å². The number of guanidine groups is 1. The van der Waals surface area contributed by atoms with E-state index in [4.69, 9.17) is 9.41 Å². The molecule has 0 aliphatic heterocycles. The molecule has 1 aliphatic rings. The molecule has 0 unspecified atom stereocenters. The summed E-state index contributed by atoms with van der Waals surface area (Å²) < 4.78 is 5.42. The summed E-state index contributed by atoms with van der Waals surface area (Å²) in [6.07, 6.45) is 9.56. The molecule has 1 aromatic carbocycles. The summed E-state index contributed by atoms with van der Waals surface area (Å²) in [6.45, 7) is 2.52. The lowest BCUT2D eigenvalue weighted by molar-refractivity contribution is 0.131. The summed E-state index contributed by atoms with van der Waals surface area (Å²) in [5.41, 5.74) is 1.38. The summed E-state index contributed by atoms with van der Waals surface area (Å²) in [5.74, 6) is 1.80. The molecule has 0 amide bonds. The average molecular weight is 384 g/mol. The number of rotatable bonds is 9. The predicted molar refractivity (Wildman–Crippen MR) is 113 cm³/mol. The molecular formula is C23H33N3O2. The SMILES string of the molecule is OCCC1(CNC(=NCc2ccccc2)NCCc2ccco2)CCCCC1. The van der Waals surface area contributed by atoms with Gasteiger partial charge in [-0.15, -0.1) is 0 Å². The molecule has 3 N–H and O–H groups in total. The first kappa shape index (κ1) is 20.5. The van der Waals surface area contributed by atoms with Crippen LogP contribution in [0.4, 0.5) is 0 Å². The van der Waals surface area contributed by atoms with E-state index in [9.17, 15) is 5.11 Å². The molecule has 0 bridgehead atoms. The van der Waals surface area contributed by atoms with Gasteiger partial charge < -0.3 is 20.2 Å². The normalized spacial score (nSPS) is 16.7. The topological polar surface area (TPSA) is 69.8 Å². The fourth-order valence-electron chi connectivity index (χ4n) is 4.01. The van der Waals surface area contributed by atoms with Crippen molar-refractivity contribution in [2.75, 3.05) is 19.7 Å². The highest BCUT2D eigenvalue weighted by Crippen LogP contribution is 2.38. The zero-order valence-electron chi connectivity index (χ0n) is 16.7. The van der Waals surface area contributed by atoms with E-state index in [1.807, 2.05) is 30.3 Å². The van der Waals surface area contributed by atoms with Crippen molar-refractivity contribution >= 4 is 5.96 Å². The van der Waals surface area contributed by atoms with Gasteiger partial charge in [-0.2, -0.15) is 0 Å². The van der Waals surface area contributed by atoms with Crippen LogP contribution in [0.1, 0.15) is 49.8 Å². The van der Waals surface area contributed by atoms with Gasteiger partial charge in [-0.3, -0.25) is 0 Å². The Morgan fingerprint density at radius 1 is 1.04 bits per heavy atom. The lowest BCUT2D eigenvalue weighted by Crippen LogP contribution is -2.45. The Morgan fingerprint density at radius 3 is 2.57 bits per heavy atom. The van der Waals surface area contributed by atoms with Crippen LogP contribution in [0.2, 0.25) is 0 Å². The molecule has 28 heavy (non-hydrogen) atoms. The van der Waals surface area contributed by atoms with Gasteiger partial charge >= 0.3 is 0 Å². The zero-order valence-corrected chi connectivity index (χ0v) is 16.7. The molecule has 1 fully saturated rings. The quantitative estimate of drug-likeness (QED) is 0.454. The zero-order chi connectivity index (χ0) is 19.5. The summed E-state index contributed by atoms with van der Waals surface area (Å²) >= 11 is 0. The minimum atomic E-state index is 0.184. The highest BCUT2D eigenvalue weighted by atomic mass is 16.3. The second-order valence-electron chi connectivity index (χ2n) is 7.79. The van der Waals surface area contributed by atoms with E-state index >= 15 is 0 Å². The van der Waals surface area contributed by atoms with Gasteiger partial charge in [-0.05, 0) is 42.4 Å². The van der Waals surface area contributed by atoms with Crippen LogP contribution in [0, 0.1) is 5.41 Å². The molecule has 5 heteroatoms. The highest BCUT2D eigenvalue weighted by Gasteiger charge is 2.31. The third kappa shape index (κ3) is 6.41. The molecule has 3 rings (SSSR count). The van der Waals surface area contributed by atoms with Crippen molar-refractivity contribution in [3.63, 3.8) is 0 Å².